The molecule has 32 heavy (non-hydrogen) atoms. The zero-order valence-electron chi connectivity index (χ0n) is 17.9. The van der Waals surface area contributed by atoms with Gasteiger partial charge in [-0.1, -0.05) is 66.7 Å². The number of nitrogens with one attached hydrogen (secondary N) is 1. The number of hydrogen-bond acceptors (Lipinski definition) is 4. The van der Waals surface area contributed by atoms with Crippen LogP contribution in [0.1, 0.15) is 52.4 Å². The van der Waals surface area contributed by atoms with Crippen LogP contribution in [0.3, 0.4) is 0 Å². The fourth-order valence-electron chi connectivity index (χ4n) is 5.29. The fourth-order valence-corrected chi connectivity index (χ4v) is 5.29. The molecular formula is C27H26N4O. The van der Waals surface area contributed by atoms with Crippen molar-refractivity contribution in [3.05, 3.63) is 95.2 Å². The summed E-state index contributed by atoms with van der Waals surface area (Å²) in [7, 11) is 0. The summed E-state index contributed by atoms with van der Waals surface area (Å²) in [5.74, 6) is 1.11. The second-order valence-corrected chi connectivity index (χ2v) is 9.17. The highest BCUT2D eigenvalue weighted by molar-refractivity contribution is 5.92. The summed E-state index contributed by atoms with van der Waals surface area (Å²) in [6, 6.07) is 23.0. The van der Waals surface area contributed by atoms with E-state index in [2.05, 4.69) is 69.0 Å². The average Bonchev–Trinajstić information content (AvgIpc) is 3.54. The molecule has 1 amide bonds. The molecular weight excluding hydrogens is 396 g/mol. The largest absolute Gasteiger partial charge is 0.355 e. The van der Waals surface area contributed by atoms with E-state index < -0.39 is 0 Å². The molecule has 3 aliphatic rings. The van der Waals surface area contributed by atoms with Gasteiger partial charge in [-0.25, -0.2) is 0 Å². The van der Waals surface area contributed by atoms with Gasteiger partial charge in [-0.3, -0.25) is 4.79 Å². The van der Waals surface area contributed by atoms with E-state index in [0.717, 1.165) is 38.2 Å². The Kier molecular flexibility index (Phi) is 4.56. The zero-order valence-corrected chi connectivity index (χ0v) is 17.9. The van der Waals surface area contributed by atoms with E-state index in [1.54, 1.807) is 6.07 Å². The lowest BCUT2D eigenvalue weighted by Gasteiger charge is -2.39. The predicted octanol–water partition coefficient (Wildman–Crippen LogP) is 4.33. The molecule has 0 bridgehead atoms. The topological polar surface area (TPSA) is 58.1 Å². The standard InChI is InChI=1S/C27H26N4O/c32-26(28-24-18-21(24)19-6-2-1-3-7-19)23-10-11-25(30-29-23)31-16-14-27(15-17-31)13-12-20-8-4-5-9-22(20)27/h1-13,21,24H,14-18H2,(H,28,32)/t21-,24+/m1/s1. The second kappa shape index (κ2) is 7.59. The number of piperidine rings is 1. The van der Waals surface area contributed by atoms with Crippen LogP contribution in [0.2, 0.25) is 0 Å². The molecule has 2 fully saturated rings. The Hall–Kier alpha value is -3.47. The SMILES string of the molecule is O=C(N[C@H]1C[C@@H]1c1ccccc1)c1ccc(N2CCC3(C=Cc4ccccc43)CC2)nn1. The van der Waals surface area contributed by atoms with E-state index in [9.17, 15) is 4.79 Å². The van der Waals surface area contributed by atoms with Crippen molar-refractivity contribution in [2.45, 2.75) is 36.6 Å². The van der Waals surface area contributed by atoms with Gasteiger partial charge in [0.15, 0.2) is 11.5 Å². The van der Waals surface area contributed by atoms with E-state index in [4.69, 9.17) is 0 Å². The molecule has 6 rings (SSSR count). The van der Waals surface area contributed by atoms with Gasteiger partial charge in [0.1, 0.15) is 0 Å². The number of aromatic nitrogens is 2. The Morgan fingerprint density at radius 2 is 1.72 bits per heavy atom. The molecule has 160 valence electrons. The van der Waals surface area contributed by atoms with Crippen LogP contribution < -0.4 is 10.2 Å². The van der Waals surface area contributed by atoms with Crippen LogP contribution in [0.4, 0.5) is 5.82 Å². The van der Waals surface area contributed by atoms with Crippen molar-refractivity contribution in [1.82, 2.24) is 15.5 Å². The number of carbonyl (C=O) groups is 1. The van der Waals surface area contributed by atoms with Gasteiger partial charge in [0.2, 0.25) is 0 Å². The summed E-state index contributed by atoms with van der Waals surface area (Å²) in [6.07, 6.45) is 7.75. The minimum absolute atomic E-state index is 0.141. The van der Waals surface area contributed by atoms with Crippen molar-refractivity contribution in [3.63, 3.8) is 0 Å². The van der Waals surface area contributed by atoms with Gasteiger partial charge in [0.25, 0.3) is 5.91 Å². The van der Waals surface area contributed by atoms with Crippen molar-refractivity contribution in [2.24, 2.45) is 0 Å². The van der Waals surface area contributed by atoms with E-state index in [-0.39, 0.29) is 17.4 Å². The molecule has 1 saturated heterocycles. The van der Waals surface area contributed by atoms with Crippen molar-refractivity contribution < 1.29 is 4.79 Å². The Morgan fingerprint density at radius 1 is 0.938 bits per heavy atom. The number of rotatable bonds is 4. The van der Waals surface area contributed by atoms with Crippen molar-refractivity contribution in [3.8, 4) is 0 Å². The molecule has 2 aromatic carbocycles. The van der Waals surface area contributed by atoms with Crippen LogP contribution in [0.25, 0.3) is 6.08 Å². The number of carbonyl (C=O) groups excluding carboxylic acids is 1. The van der Waals surface area contributed by atoms with Crippen molar-refractivity contribution >= 4 is 17.8 Å². The van der Waals surface area contributed by atoms with Gasteiger partial charge in [0, 0.05) is 30.5 Å². The highest BCUT2D eigenvalue weighted by Gasteiger charge is 2.40. The van der Waals surface area contributed by atoms with E-state index in [1.807, 2.05) is 24.3 Å². The molecule has 1 aromatic heterocycles. The molecule has 3 aromatic rings. The highest BCUT2D eigenvalue weighted by atomic mass is 16.2. The van der Waals surface area contributed by atoms with E-state index >= 15 is 0 Å². The maximum absolute atomic E-state index is 12.6. The average molecular weight is 423 g/mol. The molecule has 1 spiro atoms. The lowest BCUT2D eigenvalue weighted by molar-refractivity contribution is 0.0944. The van der Waals surface area contributed by atoms with E-state index in [1.165, 1.54) is 16.7 Å². The summed E-state index contributed by atoms with van der Waals surface area (Å²) in [5, 5.41) is 11.7. The van der Waals surface area contributed by atoms with Crippen LogP contribution in [-0.2, 0) is 5.41 Å². The minimum Gasteiger partial charge on any atom is -0.355 e. The summed E-state index contributed by atoms with van der Waals surface area (Å²) >= 11 is 0. The van der Waals surface area contributed by atoms with Crippen LogP contribution in [-0.4, -0.2) is 35.2 Å². The second-order valence-electron chi connectivity index (χ2n) is 9.17. The molecule has 1 aliphatic heterocycles. The first-order valence-electron chi connectivity index (χ1n) is 11.5. The summed E-state index contributed by atoms with van der Waals surface area (Å²) in [4.78, 5) is 14.9. The number of nitrogens with zero attached hydrogens (tertiary/aromatic N) is 3. The van der Waals surface area contributed by atoms with Gasteiger partial charge in [-0.05, 0) is 48.1 Å². The van der Waals surface area contributed by atoms with Crippen LogP contribution in [0.15, 0.2) is 72.8 Å². The number of amides is 1. The Balaban J connectivity index is 1.07. The third-order valence-corrected chi connectivity index (χ3v) is 7.28. The maximum atomic E-state index is 12.6. The minimum atomic E-state index is -0.141. The first-order chi connectivity index (χ1) is 15.7. The highest BCUT2D eigenvalue weighted by Crippen LogP contribution is 2.44. The van der Waals surface area contributed by atoms with Crippen molar-refractivity contribution in [1.29, 1.82) is 0 Å². The maximum Gasteiger partial charge on any atom is 0.272 e. The molecule has 5 heteroatoms. The zero-order chi connectivity index (χ0) is 21.5. The molecule has 1 saturated carbocycles. The van der Waals surface area contributed by atoms with Crippen molar-refractivity contribution in [2.75, 3.05) is 18.0 Å². The summed E-state index contributed by atoms with van der Waals surface area (Å²) in [5.41, 5.74) is 4.61. The molecule has 0 radical (unpaired) electrons. The number of hydrogen-bond donors (Lipinski definition) is 1. The first-order valence-corrected chi connectivity index (χ1v) is 11.5. The van der Waals surface area contributed by atoms with Crippen LogP contribution in [0.5, 0.6) is 0 Å². The Bertz CT molecular complexity index is 1160. The smallest absolute Gasteiger partial charge is 0.272 e. The normalized spacial score (nSPS) is 22.6. The van der Waals surface area contributed by atoms with Gasteiger partial charge in [-0.15, -0.1) is 10.2 Å². The van der Waals surface area contributed by atoms with Gasteiger partial charge in [0.05, 0.1) is 0 Å². The summed E-state index contributed by atoms with van der Waals surface area (Å²) in [6.45, 7) is 1.86. The van der Waals surface area contributed by atoms with Crippen LogP contribution >= 0.6 is 0 Å². The number of anilines is 1. The fraction of sp³-hybridized carbons (Fsp3) is 0.296. The molecule has 1 N–H and O–H groups in total. The number of allylic oxidation sites excluding steroid dienone is 1. The van der Waals surface area contributed by atoms with Crippen LogP contribution in [0, 0.1) is 0 Å². The molecule has 2 aliphatic carbocycles. The van der Waals surface area contributed by atoms with E-state index in [0.29, 0.717) is 11.6 Å². The molecule has 2 heterocycles. The van der Waals surface area contributed by atoms with Gasteiger partial charge < -0.3 is 10.2 Å². The van der Waals surface area contributed by atoms with Gasteiger partial charge in [-0.2, -0.15) is 0 Å². The molecule has 2 atom stereocenters. The lowest BCUT2D eigenvalue weighted by atomic mass is 9.74. The van der Waals surface area contributed by atoms with Gasteiger partial charge >= 0.3 is 0 Å². The Labute approximate surface area is 188 Å². The third-order valence-electron chi connectivity index (χ3n) is 7.28. The first kappa shape index (κ1) is 19.2. The molecule has 0 unspecified atom stereocenters. The predicted molar refractivity (Wildman–Crippen MR) is 126 cm³/mol. The Morgan fingerprint density at radius 3 is 2.50 bits per heavy atom. The number of fused-ring (bicyclic) bond motifs is 2. The lowest BCUT2D eigenvalue weighted by Crippen LogP contribution is -2.41. The third kappa shape index (κ3) is 3.38. The quantitative estimate of drug-likeness (QED) is 0.680. The summed E-state index contributed by atoms with van der Waals surface area (Å²) < 4.78 is 0. The monoisotopic (exact) mass is 422 g/mol. The number of benzene rings is 2. The molecule has 5 nitrogen and oxygen atoms in total.